The zero-order valence-electron chi connectivity index (χ0n) is 16.6. The monoisotopic (exact) mass is 399 g/mol. The summed E-state index contributed by atoms with van der Waals surface area (Å²) in [4.78, 5) is 4.34. The lowest BCUT2D eigenvalue weighted by atomic mass is 10.1. The minimum Gasteiger partial charge on any atom is -0.497 e. The molecule has 154 valence electrons. The third-order valence-electron chi connectivity index (χ3n) is 4.63. The molecule has 3 rings (SSSR count). The largest absolute Gasteiger partial charge is 0.497 e. The maximum Gasteiger partial charge on any atom is 0.130 e. The van der Waals surface area contributed by atoms with Gasteiger partial charge in [-0.1, -0.05) is 30.3 Å². The van der Waals surface area contributed by atoms with Crippen LogP contribution in [0.3, 0.4) is 0 Å². The van der Waals surface area contributed by atoms with Crippen LogP contribution in [-0.4, -0.2) is 41.0 Å². The van der Waals surface area contributed by atoms with Crippen LogP contribution in [0.1, 0.15) is 23.0 Å². The summed E-state index contributed by atoms with van der Waals surface area (Å²) >= 11 is 0. The fourth-order valence-corrected chi connectivity index (χ4v) is 3.05. The molecule has 2 N–H and O–H groups in total. The first kappa shape index (κ1) is 21.0. The van der Waals surface area contributed by atoms with Gasteiger partial charge in [0.05, 0.1) is 32.5 Å². The predicted octanol–water partition coefficient (Wildman–Crippen LogP) is 2.82. The van der Waals surface area contributed by atoms with E-state index >= 15 is 0 Å². The first-order chi connectivity index (χ1) is 14.1. The summed E-state index contributed by atoms with van der Waals surface area (Å²) in [5, 5.41) is 13.5. The molecule has 0 saturated carbocycles. The van der Waals surface area contributed by atoms with Gasteiger partial charge < -0.3 is 24.5 Å². The Hall–Kier alpha value is -2.74. The number of nitrogens with one attached hydrogen (secondary N) is 1. The second-order valence-corrected chi connectivity index (χ2v) is 6.78. The summed E-state index contributed by atoms with van der Waals surface area (Å²) in [5.41, 5.74) is 1.47. The number of ether oxygens (including phenoxy) is 2. The number of nitrogens with zero attached hydrogens (tertiary/aromatic N) is 2. The summed E-state index contributed by atoms with van der Waals surface area (Å²) in [6, 6.07) is 13.6. The van der Waals surface area contributed by atoms with E-state index in [1.54, 1.807) is 37.7 Å². The average Bonchev–Trinajstić information content (AvgIpc) is 3.15. The molecule has 6 nitrogen and oxygen atoms in total. The van der Waals surface area contributed by atoms with E-state index in [9.17, 15) is 9.50 Å². The Morgan fingerprint density at radius 1 is 1.17 bits per heavy atom. The van der Waals surface area contributed by atoms with Crippen molar-refractivity contribution in [2.75, 3.05) is 20.3 Å². The van der Waals surface area contributed by atoms with Crippen LogP contribution in [0.4, 0.5) is 4.39 Å². The molecule has 0 saturated heterocycles. The van der Waals surface area contributed by atoms with Crippen LogP contribution in [0.5, 0.6) is 5.75 Å². The molecule has 0 aliphatic rings. The topological polar surface area (TPSA) is 68.5 Å². The zero-order valence-corrected chi connectivity index (χ0v) is 16.6. The summed E-state index contributed by atoms with van der Waals surface area (Å²) in [5.74, 6) is 1.13. The third-order valence-corrected chi connectivity index (χ3v) is 4.63. The van der Waals surface area contributed by atoms with Crippen molar-refractivity contribution >= 4 is 0 Å². The number of halogens is 1. The quantitative estimate of drug-likeness (QED) is 0.549. The molecule has 1 heterocycles. The van der Waals surface area contributed by atoms with Crippen LogP contribution in [0.2, 0.25) is 0 Å². The lowest BCUT2D eigenvalue weighted by molar-refractivity contribution is 0.0279. The van der Waals surface area contributed by atoms with E-state index in [4.69, 9.17) is 9.47 Å². The van der Waals surface area contributed by atoms with Crippen LogP contribution in [0.15, 0.2) is 60.9 Å². The van der Waals surface area contributed by atoms with Gasteiger partial charge in [0.1, 0.15) is 17.4 Å². The Morgan fingerprint density at radius 3 is 2.59 bits per heavy atom. The molecule has 0 aliphatic carbocycles. The highest BCUT2D eigenvalue weighted by Crippen LogP contribution is 2.23. The lowest BCUT2D eigenvalue weighted by Crippen LogP contribution is -2.35. The number of methoxy groups -OCH3 is 1. The fraction of sp³-hybridized carbons (Fsp3) is 0.318. The minimum absolute atomic E-state index is 0.156. The first-order valence-corrected chi connectivity index (χ1v) is 9.42. The maximum atomic E-state index is 14.4. The highest BCUT2D eigenvalue weighted by Gasteiger charge is 2.22. The summed E-state index contributed by atoms with van der Waals surface area (Å²) < 4.78 is 26.9. The van der Waals surface area contributed by atoms with Crippen LogP contribution < -0.4 is 10.1 Å². The van der Waals surface area contributed by atoms with Crippen molar-refractivity contribution in [2.45, 2.75) is 18.8 Å². The second-order valence-electron chi connectivity index (χ2n) is 6.78. The molecule has 0 radical (unpaired) electrons. The smallest absolute Gasteiger partial charge is 0.130 e. The predicted molar refractivity (Wildman–Crippen MR) is 108 cm³/mol. The van der Waals surface area contributed by atoms with Crippen molar-refractivity contribution in [3.8, 4) is 5.75 Å². The molecule has 2 aromatic carbocycles. The molecular weight excluding hydrogens is 373 g/mol. The van der Waals surface area contributed by atoms with E-state index in [1.807, 2.05) is 35.9 Å². The molecule has 0 amide bonds. The van der Waals surface area contributed by atoms with E-state index < -0.39 is 12.1 Å². The van der Waals surface area contributed by atoms with Gasteiger partial charge in [0.2, 0.25) is 0 Å². The van der Waals surface area contributed by atoms with E-state index in [0.717, 1.165) is 11.3 Å². The Balaban J connectivity index is 1.56. The van der Waals surface area contributed by atoms with Gasteiger partial charge in [-0.2, -0.15) is 0 Å². The van der Waals surface area contributed by atoms with Gasteiger partial charge in [-0.05, 0) is 23.8 Å². The number of hydrogen-bond donors (Lipinski definition) is 2. The number of aliphatic hydroxyl groups excluding tert-OH is 1. The minimum atomic E-state index is -0.747. The van der Waals surface area contributed by atoms with Crippen LogP contribution in [0.25, 0.3) is 0 Å². The van der Waals surface area contributed by atoms with Gasteiger partial charge >= 0.3 is 0 Å². The lowest BCUT2D eigenvalue weighted by Gasteiger charge is -2.21. The number of hydrogen-bond acceptors (Lipinski definition) is 5. The summed E-state index contributed by atoms with van der Waals surface area (Å²) in [7, 11) is 3.47. The van der Waals surface area contributed by atoms with Crippen LogP contribution in [0, 0.1) is 5.82 Å². The normalized spacial score (nSPS) is 13.2. The Labute approximate surface area is 169 Å². The zero-order chi connectivity index (χ0) is 20.6. The van der Waals surface area contributed by atoms with E-state index in [2.05, 4.69) is 10.3 Å². The number of aliphatic hydroxyl groups is 1. The van der Waals surface area contributed by atoms with Crippen LogP contribution >= 0.6 is 0 Å². The molecule has 0 unspecified atom stereocenters. The molecular formula is C22H26FN3O3. The molecule has 7 heteroatoms. The van der Waals surface area contributed by atoms with Crippen molar-refractivity contribution in [3.05, 3.63) is 83.7 Å². The number of aromatic nitrogens is 2. The highest BCUT2D eigenvalue weighted by molar-refractivity contribution is 5.27. The molecule has 3 aromatic rings. The van der Waals surface area contributed by atoms with Crippen molar-refractivity contribution in [1.29, 1.82) is 0 Å². The molecule has 0 spiro atoms. The molecule has 1 aromatic heterocycles. The Bertz CT molecular complexity index is 898. The van der Waals surface area contributed by atoms with E-state index in [1.165, 1.54) is 6.07 Å². The van der Waals surface area contributed by atoms with Crippen molar-refractivity contribution in [2.24, 2.45) is 7.05 Å². The highest BCUT2D eigenvalue weighted by atomic mass is 19.1. The Kier molecular flexibility index (Phi) is 7.35. The van der Waals surface area contributed by atoms with Gasteiger partial charge in [0.25, 0.3) is 0 Å². The van der Waals surface area contributed by atoms with Crippen molar-refractivity contribution in [1.82, 2.24) is 14.9 Å². The average molecular weight is 399 g/mol. The van der Waals surface area contributed by atoms with Gasteiger partial charge in [-0.3, -0.25) is 0 Å². The molecule has 0 bridgehead atoms. The number of benzene rings is 2. The van der Waals surface area contributed by atoms with Crippen molar-refractivity contribution < 1.29 is 19.0 Å². The molecule has 29 heavy (non-hydrogen) atoms. The first-order valence-electron chi connectivity index (χ1n) is 9.42. The Morgan fingerprint density at radius 2 is 1.93 bits per heavy atom. The molecule has 0 fully saturated rings. The number of aryl methyl sites for hydroxylation is 1. The van der Waals surface area contributed by atoms with Gasteiger partial charge in [0, 0.05) is 31.5 Å². The fourth-order valence-electron chi connectivity index (χ4n) is 3.05. The number of rotatable bonds is 10. The van der Waals surface area contributed by atoms with Gasteiger partial charge in [0.15, 0.2) is 0 Å². The third kappa shape index (κ3) is 5.63. The van der Waals surface area contributed by atoms with E-state index in [-0.39, 0.29) is 19.0 Å². The molecule has 2 atom stereocenters. The maximum absolute atomic E-state index is 14.4. The summed E-state index contributed by atoms with van der Waals surface area (Å²) in [6.07, 6.45) is 2.72. The van der Waals surface area contributed by atoms with Crippen LogP contribution in [-0.2, 0) is 18.4 Å². The number of imidazole rings is 1. The SMILES string of the molecule is COc1ccc(COC[C@H](O)CN[C@H](c2ccccc2F)c2nccn2C)cc1. The second kappa shape index (κ2) is 10.2. The van der Waals surface area contributed by atoms with Gasteiger partial charge in [-0.15, -0.1) is 0 Å². The van der Waals surface area contributed by atoms with Crippen molar-refractivity contribution in [3.63, 3.8) is 0 Å². The van der Waals surface area contributed by atoms with E-state index in [0.29, 0.717) is 18.0 Å². The van der Waals surface area contributed by atoms with Gasteiger partial charge in [-0.25, -0.2) is 9.37 Å². The summed E-state index contributed by atoms with van der Waals surface area (Å²) in [6.45, 7) is 0.773. The molecule has 0 aliphatic heterocycles. The standard InChI is InChI=1S/C22H26FN3O3/c1-26-12-11-24-22(26)21(19-5-3-4-6-20(19)23)25-13-17(27)15-29-14-16-7-9-18(28-2)10-8-16/h3-12,17,21,25,27H,13-15H2,1-2H3/t17-,21-/m1/s1.